The van der Waals surface area contributed by atoms with E-state index in [9.17, 15) is 4.79 Å². The van der Waals surface area contributed by atoms with E-state index >= 15 is 0 Å². The first kappa shape index (κ1) is 13.8. The third-order valence-electron chi connectivity index (χ3n) is 4.72. The van der Waals surface area contributed by atoms with Crippen molar-refractivity contribution in [3.63, 3.8) is 0 Å². The van der Waals surface area contributed by atoms with Crippen molar-refractivity contribution in [1.29, 1.82) is 0 Å². The molecule has 2 saturated heterocycles. The van der Waals surface area contributed by atoms with Gasteiger partial charge in [0.1, 0.15) is 0 Å². The van der Waals surface area contributed by atoms with Crippen LogP contribution in [0, 0.1) is 0 Å². The van der Waals surface area contributed by atoms with Crippen LogP contribution in [0.4, 0.5) is 0 Å². The number of carbonyl (C=O) groups excluding carboxylic acids is 1. The van der Waals surface area contributed by atoms with E-state index in [0.717, 1.165) is 31.6 Å². The Labute approximate surface area is 121 Å². The highest BCUT2D eigenvalue weighted by Crippen LogP contribution is 2.21. The van der Waals surface area contributed by atoms with Gasteiger partial charge in [0.2, 0.25) is 0 Å². The molecule has 2 fully saturated rings. The monoisotopic (exact) mass is 272 g/mol. The SMILES string of the molecule is CCc1ccc(C(=O)CN2CCN3CCCC3C2)cc1. The first-order valence-corrected chi connectivity index (χ1v) is 7.85. The fourth-order valence-electron chi connectivity index (χ4n) is 3.42. The molecule has 2 aliphatic rings. The number of fused-ring (bicyclic) bond motifs is 1. The summed E-state index contributed by atoms with van der Waals surface area (Å²) in [5, 5.41) is 0. The third kappa shape index (κ3) is 2.94. The quantitative estimate of drug-likeness (QED) is 0.785. The van der Waals surface area contributed by atoms with Crippen molar-refractivity contribution in [1.82, 2.24) is 9.80 Å². The largest absolute Gasteiger partial charge is 0.298 e. The van der Waals surface area contributed by atoms with E-state index < -0.39 is 0 Å². The lowest BCUT2D eigenvalue weighted by molar-refractivity contribution is 0.0784. The van der Waals surface area contributed by atoms with E-state index in [4.69, 9.17) is 0 Å². The molecule has 108 valence electrons. The standard InChI is InChI=1S/C17H24N2O/c1-2-14-5-7-15(8-6-14)17(20)13-18-10-11-19-9-3-4-16(19)12-18/h5-8,16H,2-4,9-13H2,1H3. The third-order valence-corrected chi connectivity index (χ3v) is 4.72. The molecule has 3 nitrogen and oxygen atoms in total. The van der Waals surface area contributed by atoms with Gasteiger partial charge in [-0.1, -0.05) is 31.2 Å². The maximum absolute atomic E-state index is 12.3. The maximum Gasteiger partial charge on any atom is 0.176 e. The molecule has 0 aliphatic carbocycles. The van der Waals surface area contributed by atoms with Gasteiger partial charge in [0, 0.05) is 31.2 Å². The zero-order chi connectivity index (χ0) is 13.9. The molecule has 0 saturated carbocycles. The Kier molecular flexibility index (Phi) is 4.18. The summed E-state index contributed by atoms with van der Waals surface area (Å²) in [5.41, 5.74) is 2.15. The van der Waals surface area contributed by atoms with Gasteiger partial charge in [0.15, 0.2) is 5.78 Å². The molecule has 3 heteroatoms. The van der Waals surface area contributed by atoms with E-state index in [1.165, 1.54) is 24.9 Å². The van der Waals surface area contributed by atoms with Crippen molar-refractivity contribution in [2.75, 3.05) is 32.7 Å². The minimum atomic E-state index is 0.263. The van der Waals surface area contributed by atoms with Crippen LogP contribution in [0.5, 0.6) is 0 Å². The van der Waals surface area contributed by atoms with Crippen LogP contribution in [-0.4, -0.2) is 54.3 Å². The molecule has 2 aliphatic heterocycles. The predicted octanol–water partition coefficient (Wildman–Crippen LogP) is 2.21. The van der Waals surface area contributed by atoms with Gasteiger partial charge < -0.3 is 0 Å². The maximum atomic E-state index is 12.3. The summed E-state index contributed by atoms with van der Waals surface area (Å²) in [5.74, 6) is 0.263. The Balaban J connectivity index is 1.58. The lowest BCUT2D eigenvalue weighted by Crippen LogP contribution is -2.51. The summed E-state index contributed by atoms with van der Waals surface area (Å²) in [6.07, 6.45) is 3.65. The first-order chi connectivity index (χ1) is 9.76. The van der Waals surface area contributed by atoms with Crippen LogP contribution in [-0.2, 0) is 6.42 Å². The summed E-state index contributed by atoms with van der Waals surface area (Å²) in [6.45, 7) is 7.21. The van der Waals surface area contributed by atoms with Gasteiger partial charge in [-0.3, -0.25) is 14.6 Å². The summed E-state index contributed by atoms with van der Waals surface area (Å²) in [6, 6.07) is 8.79. The Hall–Kier alpha value is -1.19. The molecule has 0 amide bonds. The minimum Gasteiger partial charge on any atom is -0.298 e. The Morgan fingerprint density at radius 2 is 2.00 bits per heavy atom. The molecular formula is C17H24N2O. The molecule has 0 bridgehead atoms. The lowest BCUT2D eigenvalue weighted by atomic mass is 10.1. The fourth-order valence-corrected chi connectivity index (χ4v) is 3.42. The first-order valence-electron chi connectivity index (χ1n) is 7.85. The van der Waals surface area contributed by atoms with Gasteiger partial charge in [0.25, 0.3) is 0 Å². The van der Waals surface area contributed by atoms with E-state index in [0.29, 0.717) is 12.6 Å². The molecule has 0 aromatic heterocycles. The van der Waals surface area contributed by atoms with Gasteiger partial charge in [0.05, 0.1) is 6.54 Å². The second kappa shape index (κ2) is 6.06. The smallest absolute Gasteiger partial charge is 0.176 e. The summed E-state index contributed by atoms with van der Waals surface area (Å²) in [7, 11) is 0. The van der Waals surface area contributed by atoms with Crippen LogP contribution in [0.25, 0.3) is 0 Å². The lowest BCUT2D eigenvalue weighted by Gasteiger charge is -2.37. The topological polar surface area (TPSA) is 23.6 Å². The highest BCUT2D eigenvalue weighted by atomic mass is 16.1. The zero-order valence-corrected chi connectivity index (χ0v) is 12.3. The number of hydrogen-bond acceptors (Lipinski definition) is 3. The van der Waals surface area contributed by atoms with Crippen molar-refractivity contribution in [3.8, 4) is 0 Å². The predicted molar refractivity (Wildman–Crippen MR) is 81.2 cm³/mol. The molecule has 0 N–H and O–H groups in total. The van der Waals surface area contributed by atoms with Crippen LogP contribution < -0.4 is 0 Å². The van der Waals surface area contributed by atoms with Crippen LogP contribution in [0.1, 0.15) is 35.7 Å². The van der Waals surface area contributed by atoms with E-state index in [1.807, 2.05) is 12.1 Å². The average Bonchev–Trinajstić information content (AvgIpc) is 2.95. The molecule has 0 spiro atoms. The Morgan fingerprint density at radius 3 is 2.75 bits per heavy atom. The van der Waals surface area contributed by atoms with Crippen molar-refractivity contribution in [2.45, 2.75) is 32.2 Å². The van der Waals surface area contributed by atoms with E-state index in [2.05, 4.69) is 28.9 Å². The molecule has 1 aromatic rings. The average molecular weight is 272 g/mol. The number of Topliss-reactive ketones (excluding diaryl/α,β-unsaturated/α-hetero) is 1. The number of nitrogens with zero attached hydrogens (tertiary/aromatic N) is 2. The van der Waals surface area contributed by atoms with Crippen LogP contribution in [0.3, 0.4) is 0 Å². The number of aryl methyl sites for hydroxylation is 1. The van der Waals surface area contributed by atoms with Gasteiger partial charge >= 0.3 is 0 Å². The van der Waals surface area contributed by atoms with Crippen molar-refractivity contribution in [3.05, 3.63) is 35.4 Å². The zero-order valence-electron chi connectivity index (χ0n) is 12.3. The Morgan fingerprint density at radius 1 is 1.20 bits per heavy atom. The van der Waals surface area contributed by atoms with Gasteiger partial charge in [-0.2, -0.15) is 0 Å². The Bertz CT molecular complexity index is 468. The number of hydrogen-bond donors (Lipinski definition) is 0. The second-order valence-corrected chi connectivity index (χ2v) is 6.04. The van der Waals surface area contributed by atoms with Crippen LogP contribution in [0.2, 0.25) is 0 Å². The van der Waals surface area contributed by atoms with Gasteiger partial charge in [-0.05, 0) is 31.4 Å². The van der Waals surface area contributed by atoms with Gasteiger partial charge in [-0.25, -0.2) is 0 Å². The minimum absolute atomic E-state index is 0.263. The fraction of sp³-hybridized carbons (Fsp3) is 0.588. The number of rotatable bonds is 4. The highest BCUT2D eigenvalue weighted by molar-refractivity contribution is 5.97. The summed E-state index contributed by atoms with van der Waals surface area (Å²) in [4.78, 5) is 17.3. The molecule has 1 unspecified atom stereocenters. The van der Waals surface area contributed by atoms with Gasteiger partial charge in [-0.15, -0.1) is 0 Å². The van der Waals surface area contributed by atoms with Crippen molar-refractivity contribution < 1.29 is 4.79 Å². The summed E-state index contributed by atoms with van der Waals surface area (Å²) >= 11 is 0. The van der Waals surface area contributed by atoms with Crippen molar-refractivity contribution in [2.24, 2.45) is 0 Å². The van der Waals surface area contributed by atoms with Crippen molar-refractivity contribution >= 4 is 5.78 Å². The molecule has 3 rings (SSSR count). The second-order valence-electron chi connectivity index (χ2n) is 6.04. The number of carbonyl (C=O) groups is 1. The van der Waals surface area contributed by atoms with Crippen LogP contribution >= 0.6 is 0 Å². The van der Waals surface area contributed by atoms with Crippen LogP contribution in [0.15, 0.2) is 24.3 Å². The number of benzene rings is 1. The molecule has 2 heterocycles. The highest BCUT2D eigenvalue weighted by Gasteiger charge is 2.31. The number of piperazine rings is 1. The normalized spacial score (nSPS) is 23.8. The molecular weight excluding hydrogens is 248 g/mol. The van der Waals surface area contributed by atoms with E-state index in [1.54, 1.807) is 0 Å². The molecule has 0 radical (unpaired) electrons. The molecule has 20 heavy (non-hydrogen) atoms. The molecule has 1 aromatic carbocycles. The number of ketones is 1. The summed E-state index contributed by atoms with van der Waals surface area (Å²) < 4.78 is 0. The van der Waals surface area contributed by atoms with E-state index in [-0.39, 0.29) is 5.78 Å². The molecule has 1 atom stereocenters.